The molecule has 4 nitrogen and oxygen atoms in total. The van der Waals surface area contributed by atoms with Crippen molar-refractivity contribution in [3.63, 3.8) is 0 Å². The van der Waals surface area contributed by atoms with Crippen LogP contribution in [0.1, 0.15) is 12.5 Å². The number of carbonyl (C=O) groups excluding carboxylic acids is 1. The second-order valence-electron chi connectivity index (χ2n) is 3.76. The Labute approximate surface area is 122 Å². The summed E-state index contributed by atoms with van der Waals surface area (Å²) in [5, 5.41) is 3.29. The minimum absolute atomic E-state index is 0.143. The van der Waals surface area contributed by atoms with Crippen LogP contribution in [0.4, 0.5) is 0 Å². The molecule has 1 aromatic rings. The molecule has 0 aliphatic heterocycles. The second kappa shape index (κ2) is 7.25. The van der Waals surface area contributed by atoms with Crippen LogP contribution >= 0.6 is 23.2 Å². The molecule has 0 heterocycles. The minimum Gasteiger partial charge on any atom is -0.479 e. The van der Waals surface area contributed by atoms with Gasteiger partial charge < -0.3 is 15.8 Å². The van der Waals surface area contributed by atoms with Crippen molar-refractivity contribution in [3.05, 3.63) is 27.7 Å². The molecule has 102 valence electrons. The predicted octanol–water partition coefficient (Wildman–Crippen LogP) is 1.97. The van der Waals surface area contributed by atoms with E-state index in [1.165, 1.54) is 6.07 Å². The molecule has 0 aliphatic carbocycles. The Hall–Kier alpha value is -1.41. The molecule has 19 heavy (non-hydrogen) atoms. The molecular weight excluding hydrogens is 287 g/mol. The van der Waals surface area contributed by atoms with E-state index in [9.17, 15) is 4.79 Å². The first-order valence-electron chi connectivity index (χ1n) is 5.55. The molecule has 6 heteroatoms. The van der Waals surface area contributed by atoms with Crippen LogP contribution in [0, 0.1) is 12.3 Å². The third-order valence-corrected chi connectivity index (χ3v) is 2.83. The van der Waals surface area contributed by atoms with Crippen LogP contribution in [0.5, 0.6) is 5.75 Å². The van der Waals surface area contributed by atoms with E-state index >= 15 is 0 Å². The van der Waals surface area contributed by atoms with Crippen LogP contribution in [-0.2, 0) is 11.3 Å². The summed E-state index contributed by atoms with van der Waals surface area (Å²) < 4.78 is 5.53. The lowest BCUT2D eigenvalue weighted by Gasteiger charge is -2.17. The van der Waals surface area contributed by atoms with Crippen LogP contribution < -0.4 is 15.8 Å². The van der Waals surface area contributed by atoms with E-state index in [0.717, 1.165) is 0 Å². The number of amides is 1. The Kier molecular flexibility index (Phi) is 5.97. The van der Waals surface area contributed by atoms with Gasteiger partial charge in [0.2, 0.25) is 0 Å². The Morgan fingerprint density at radius 2 is 2.26 bits per heavy atom. The van der Waals surface area contributed by atoms with Crippen molar-refractivity contribution in [2.75, 3.05) is 6.54 Å². The van der Waals surface area contributed by atoms with Crippen LogP contribution in [0.3, 0.4) is 0 Å². The minimum atomic E-state index is -0.739. The number of benzene rings is 1. The van der Waals surface area contributed by atoms with Crippen molar-refractivity contribution < 1.29 is 9.53 Å². The van der Waals surface area contributed by atoms with Crippen molar-refractivity contribution in [1.82, 2.24) is 5.32 Å². The Balaban J connectivity index is 2.87. The van der Waals surface area contributed by atoms with E-state index in [1.807, 2.05) is 0 Å². The Morgan fingerprint density at radius 1 is 1.58 bits per heavy atom. The number of nitrogens with one attached hydrogen (secondary N) is 1. The highest BCUT2D eigenvalue weighted by Crippen LogP contribution is 2.32. The fourth-order valence-electron chi connectivity index (χ4n) is 1.41. The van der Waals surface area contributed by atoms with Gasteiger partial charge in [0.05, 0.1) is 11.6 Å². The predicted molar refractivity (Wildman–Crippen MR) is 76.3 cm³/mol. The number of rotatable bonds is 5. The van der Waals surface area contributed by atoms with Crippen molar-refractivity contribution in [1.29, 1.82) is 0 Å². The lowest BCUT2D eigenvalue weighted by Crippen LogP contribution is -2.36. The normalized spacial score (nSPS) is 11.5. The smallest absolute Gasteiger partial charge is 0.261 e. The van der Waals surface area contributed by atoms with E-state index < -0.39 is 6.10 Å². The summed E-state index contributed by atoms with van der Waals surface area (Å²) in [4.78, 5) is 11.7. The van der Waals surface area contributed by atoms with E-state index in [0.29, 0.717) is 21.4 Å². The summed E-state index contributed by atoms with van der Waals surface area (Å²) in [6, 6.07) is 3.18. The average Bonchev–Trinajstić information content (AvgIpc) is 2.38. The summed E-state index contributed by atoms with van der Waals surface area (Å²) in [6.45, 7) is 1.94. The molecule has 1 rings (SSSR count). The van der Waals surface area contributed by atoms with Crippen LogP contribution in [0.2, 0.25) is 10.0 Å². The number of carbonyl (C=O) groups is 1. The van der Waals surface area contributed by atoms with Crippen LogP contribution in [0.15, 0.2) is 12.1 Å². The molecule has 0 aliphatic rings. The summed E-state index contributed by atoms with van der Waals surface area (Å²) in [7, 11) is 0. The first kappa shape index (κ1) is 15.6. The van der Waals surface area contributed by atoms with Gasteiger partial charge in [0, 0.05) is 17.1 Å². The van der Waals surface area contributed by atoms with Crippen LogP contribution in [0.25, 0.3) is 0 Å². The summed E-state index contributed by atoms with van der Waals surface area (Å²) >= 11 is 11.9. The first-order chi connectivity index (χ1) is 8.99. The van der Waals surface area contributed by atoms with Gasteiger partial charge in [-0.2, -0.15) is 0 Å². The van der Waals surface area contributed by atoms with E-state index in [4.69, 9.17) is 40.1 Å². The molecular formula is C13H14Cl2N2O2. The molecule has 3 N–H and O–H groups in total. The fourth-order valence-corrected chi connectivity index (χ4v) is 1.99. The fraction of sp³-hybridized carbons (Fsp3) is 0.308. The largest absolute Gasteiger partial charge is 0.479 e. The summed E-state index contributed by atoms with van der Waals surface area (Å²) in [6.07, 6.45) is 4.32. The number of hydrogen-bond donors (Lipinski definition) is 2. The van der Waals surface area contributed by atoms with Crippen molar-refractivity contribution >= 4 is 29.1 Å². The summed E-state index contributed by atoms with van der Waals surface area (Å²) in [5.41, 5.74) is 6.23. The van der Waals surface area contributed by atoms with Gasteiger partial charge in [0.25, 0.3) is 5.91 Å². The second-order valence-corrected chi connectivity index (χ2v) is 4.61. The van der Waals surface area contributed by atoms with Crippen molar-refractivity contribution in [3.8, 4) is 18.1 Å². The van der Waals surface area contributed by atoms with Gasteiger partial charge in [-0.15, -0.1) is 6.42 Å². The topological polar surface area (TPSA) is 64.3 Å². The number of terminal acetylenes is 1. The third-order valence-electron chi connectivity index (χ3n) is 2.33. The Morgan fingerprint density at radius 3 is 2.84 bits per heavy atom. The number of hydrogen-bond acceptors (Lipinski definition) is 3. The first-order valence-corrected chi connectivity index (χ1v) is 6.31. The number of halogens is 2. The SMILES string of the molecule is C#CCNC(=O)C(C)Oc1c(Cl)cc(Cl)cc1CN. The van der Waals surface area contributed by atoms with Gasteiger partial charge in [0.15, 0.2) is 6.10 Å². The zero-order valence-corrected chi connectivity index (χ0v) is 11.9. The standard InChI is InChI=1S/C13H14Cl2N2O2/c1-3-4-17-13(18)8(2)19-12-9(7-16)5-10(14)6-11(12)15/h1,5-6,8H,4,7,16H2,2H3,(H,17,18). The van der Waals surface area contributed by atoms with E-state index in [2.05, 4.69) is 11.2 Å². The Bertz CT molecular complexity index is 512. The van der Waals surface area contributed by atoms with Crippen molar-refractivity contribution in [2.24, 2.45) is 5.73 Å². The molecule has 1 unspecified atom stereocenters. The zero-order valence-electron chi connectivity index (χ0n) is 10.4. The summed E-state index contributed by atoms with van der Waals surface area (Å²) in [5.74, 6) is 2.34. The molecule has 0 fully saturated rings. The molecule has 1 atom stereocenters. The highest BCUT2D eigenvalue weighted by atomic mass is 35.5. The number of nitrogens with two attached hydrogens (primary N) is 1. The molecule has 0 bridgehead atoms. The van der Waals surface area contributed by atoms with Gasteiger partial charge >= 0.3 is 0 Å². The maximum atomic E-state index is 11.7. The number of ether oxygens (including phenoxy) is 1. The van der Waals surface area contributed by atoms with Crippen molar-refractivity contribution in [2.45, 2.75) is 19.6 Å². The van der Waals surface area contributed by atoms with Crippen LogP contribution in [-0.4, -0.2) is 18.6 Å². The average molecular weight is 301 g/mol. The lowest BCUT2D eigenvalue weighted by atomic mass is 10.2. The molecule has 1 amide bonds. The monoisotopic (exact) mass is 300 g/mol. The molecule has 1 aromatic carbocycles. The molecule has 0 saturated carbocycles. The lowest BCUT2D eigenvalue weighted by molar-refractivity contribution is -0.127. The quantitative estimate of drug-likeness (QED) is 0.817. The van der Waals surface area contributed by atoms with Gasteiger partial charge in [0.1, 0.15) is 5.75 Å². The maximum Gasteiger partial charge on any atom is 0.261 e. The zero-order chi connectivity index (χ0) is 14.4. The van der Waals surface area contributed by atoms with Gasteiger partial charge in [-0.05, 0) is 19.1 Å². The van der Waals surface area contributed by atoms with E-state index in [1.54, 1.807) is 13.0 Å². The van der Waals surface area contributed by atoms with Gasteiger partial charge in [-0.3, -0.25) is 4.79 Å². The van der Waals surface area contributed by atoms with Gasteiger partial charge in [-0.25, -0.2) is 0 Å². The molecule has 0 radical (unpaired) electrons. The molecule has 0 saturated heterocycles. The van der Waals surface area contributed by atoms with E-state index in [-0.39, 0.29) is 19.0 Å². The highest BCUT2D eigenvalue weighted by Gasteiger charge is 2.18. The highest BCUT2D eigenvalue weighted by molar-refractivity contribution is 6.35. The third kappa shape index (κ3) is 4.32. The molecule has 0 aromatic heterocycles. The molecule has 0 spiro atoms. The maximum absolute atomic E-state index is 11.7. The van der Waals surface area contributed by atoms with Gasteiger partial charge in [-0.1, -0.05) is 29.1 Å².